The SMILES string of the molecule is CCCC(=O)N(C)C(C#N)C12CC3CC(CC(C3)C1)C2. The lowest BCUT2D eigenvalue weighted by Crippen LogP contribution is -2.56. The maximum absolute atomic E-state index is 12.2. The molecule has 20 heavy (non-hydrogen) atoms. The number of hydrogen-bond acceptors (Lipinski definition) is 2. The summed E-state index contributed by atoms with van der Waals surface area (Å²) < 4.78 is 0. The van der Waals surface area contributed by atoms with Crippen LogP contribution < -0.4 is 0 Å². The predicted molar refractivity (Wildman–Crippen MR) is 77.7 cm³/mol. The molecule has 4 aliphatic rings. The highest BCUT2D eigenvalue weighted by molar-refractivity contribution is 5.76. The zero-order chi connectivity index (χ0) is 14.3. The van der Waals surface area contributed by atoms with Gasteiger partial charge in [-0.1, -0.05) is 6.92 Å². The van der Waals surface area contributed by atoms with Crippen molar-refractivity contribution >= 4 is 5.91 Å². The Bertz CT molecular complexity index is 401. The molecular weight excluding hydrogens is 248 g/mol. The first-order chi connectivity index (χ1) is 9.58. The normalized spacial score (nSPS) is 39.4. The Balaban J connectivity index is 1.82. The van der Waals surface area contributed by atoms with E-state index in [1.807, 2.05) is 14.0 Å². The number of nitriles is 1. The van der Waals surface area contributed by atoms with E-state index < -0.39 is 0 Å². The maximum Gasteiger partial charge on any atom is 0.223 e. The first kappa shape index (κ1) is 13.9. The summed E-state index contributed by atoms with van der Waals surface area (Å²) >= 11 is 0. The third-order valence-corrected chi connectivity index (χ3v) is 6.03. The van der Waals surface area contributed by atoms with Crippen molar-refractivity contribution in [2.75, 3.05) is 7.05 Å². The van der Waals surface area contributed by atoms with Crippen LogP contribution in [0, 0.1) is 34.5 Å². The molecule has 0 saturated heterocycles. The standard InChI is InChI=1S/C17H26N2O/c1-3-4-16(20)19(2)15(11-18)17-8-12-5-13(9-17)7-14(6-12)10-17/h12-15H,3-10H2,1-2H3. The summed E-state index contributed by atoms with van der Waals surface area (Å²) in [6.45, 7) is 2.03. The molecule has 0 aromatic carbocycles. The number of carbonyl (C=O) groups excluding carboxylic acids is 1. The van der Waals surface area contributed by atoms with Gasteiger partial charge >= 0.3 is 0 Å². The van der Waals surface area contributed by atoms with Crippen molar-refractivity contribution in [2.24, 2.45) is 23.2 Å². The fourth-order valence-electron chi connectivity index (χ4n) is 5.68. The zero-order valence-electron chi connectivity index (χ0n) is 12.8. The van der Waals surface area contributed by atoms with E-state index in [4.69, 9.17) is 0 Å². The van der Waals surface area contributed by atoms with E-state index in [1.165, 1.54) is 38.5 Å². The van der Waals surface area contributed by atoms with Gasteiger partial charge in [-0.15, -0.1) is 0 Å². The smallest absolute Gasteiger partial charge is 0.223 e. The second-order valence-corrected chi connectivity index (χ2v) is 7.57. The van der Waals surface area contributed by atoms with Gasteiger partial charge in [0, 0.05) is 18.9 Å². The molecule has 3 nitrogen and oxygen atoms in total. The van der Waals surface area contributed by atoms with Gasteiger partial charge in [-0.25, -0.2) is 0 Å². The molecule has 0 heterocycles. The van der Waals surface area contributed by atoms with Crippen molar-refractivity contribution in [1.82, 2.24) is 4.90 Å². The highest BCUT2D eigenvalue weighted by Gasteiger charge is 2.55. The van der Waals surface area contributed by atoms with Gasteiger partial charge in [0.15, 0.2) is 0 Å². The first-order valence-electron chi connectivity index (χ1n) is 8.23. The highest BCUT2D eigenvalue weighted by atomic mass is 16.2. The van der Waals surface area contributed by atoms with Crippen molar-refractivity contribution < 1.29 is 4.79 Å². The van der Waals surface area contributed by atoms with Gasteiger partial charge in [-0.3, -0.25) is 4.79 Å². The van der Waals surface area contributed by atoms with E-state index in [0.717, 1.165) is 24.2 Å². The van der Waals surface area contributed by atoms with Crippen LogP contribution in [0.25, 0.3) is 0 Å². The van der Waals surface area contributed by atoms with E-state index in [9.17, 15) is 10.1 Å². The Morgan fingerprint density at radius 2 is 1.75 bits per heavy atom. The Labute approximate surface area is 122 Å². The summed E-state index contributed by atoms with van der Waals surface area (Å²) in [5.41, 5.74) is 0.113. The van der Waals surface area contributed by atoms with Crippen LogP contribution >= 0.6 is 0 Å². The molecule has 4 fully saturated rings. The Morgan fingerprint density at radius 1 is 1.25 bits per heavy atom. The number of carbonyl (C=O) groups is 1. The van der Waals surface area contributed by atoms with Crippen LogP contribution in [0.3, 0.4) is 0 Å². The Hall–Kier alpha value is -1.04. The van der Waals surface area contributed by atoms with Gasteiger partial charge in [-0.2, -0.15) is 5.26 Å². The number of rotatable bonds is 4. The molecule has 0 aliphatic heterocycles. The van der Waals surface area contributed by atoms with Gasteiger partial charge < -0.3 is 4.90 Å². The van der Waals surface area contributed by atoms with Gasteiger partial charge in [-0.05, 0) is 62.7 Å². The van der Waals surface area contributed by atoms with Crippen molar-refractivity contribution in [3.05, 3.63) is 0 Å². The highest BCUT2D eigenvalue weighted by Crippen LogP contribution is 2.61. The Kier molecular flexibility index (Phi) is 3.52. The molecule has 0 radical (unpaired) electrons. The molecule has 0 aromatic heterocycles. The van der Waals surface area contributed by atoms with Crippen LogP contribution in [0.5, 0.6) is 0 Å². The maximum atomic E-state index is 12.2. The molecule has 4 bridgehead atoms. The quantitative estimate of drug-likeness (QED) is 0.789. The van der Waals surface area contributed by atoms with Crippen molar-refractivity contribution in [3.8, 4) is 6.07 Å². The molecule has 3 heteroatoms. The van der Waals surface area contributed by atoms with Gasteiger partial charge in [0.25, 0.3) is 0 Å². The second-order valence-electron chi connectivity index (χ2n) is 7.57. The summed E-state index contributed by atoms with van der Waals surface area (Å²) in [5, 5.41) is 9.73. The molecule has 1 amide bonds. The lowest BCUT2D eigenvalue weighted by molar-refractivity contribution is -0.139. The first-order valence-corrected chi connectivity index (χ1v) is 8.23. The van der Waals surface area contributed by atoms with E-state index in [0.29, 0.717) is 6.42 Å². The van der Waals surface area contributed by atoms with Crippen LogP contribution in [-0.2, 0) is 4.79 Å². The number of nitrogens with zero attached hydrogens (tertiary/aromatic N) is 2. The van der Waals surface area contributed by atoms with E-state index >= 15 is 0 Å². The molecule has 1 unspecified atom stereocenters. The van der Waals surface area contributed by atoms with Crippen molar-refractivity contribution in [1.29, 1.82) is 5.26 Å². The summed E-state index contributed by atoms with van der Waals surface area (Å²) in [7, 11) is 1.85. The van der Waals surface area contributed by atoms with Crippen LogP contribution in [0.4, 0.5) is 0 Å². The fourth-order valence-corrected chi connectivity index (χ4v) is 5.68. The minimum absolute atomic E-state index is 0.113. The lowest BCUT2D eigenvalue weighted by Gasteiger charge is -2.59. The largest absolute Gasteiger partial charge is 0.329 e. The monoisotopic (exact) mass is 274 g/mol. The molecule has 110 valence electrons. The summed E-state index contributed by atoms with van der Waals surface area (Å²) in [4.78, 5) is 14.0. The van der Waals surface area contributed by atoms with Crippen LogP contribution in [0.15, 0.2) is 0 Å². The average Bonchev–Trinajstić information content (AvgIpc) is 2.37. The lowest BCUT2D eigenvalue weighted by atomic mass is 9.47. The second kappa shape index (κ2) is 5.06. The van der Waals surface area contributed by atoms with Crippen LogP contribution in [-0.4, -0.2) is 23.9 Å². The molecular formula is C17H26N2O. The minimum atomic E-state index is -0.199. The van der Waals surface area contributed by atoms with Crippen molar-refractivity contribution in [3.63, 3.8) is 0 Å². The summed E-state index contributed by atoms with van der Waals surface area (Å²) in [6, 6.07) is 2.30. The van der Waals surface area contributed by atoms with Gasteiger partial charge in [0.05, 0.1) is 6.07 Å². The Morgan fingerprint density at radius 3 is 2.15 bits per heavy atom. The van der Waals surface area contributed by atoms with Crippen LogP contribution in [0.2, 0.25) is 0 Å². The minimum Gasteiger partial charge on any atom is -0.329 e. The van der Waals surface area contributed by atoms with E-state index in [-0.39, 0.29) is 17.4 Å². The molecule has 0 spiro atoms. The van der Waals surface area contributed by atoms with E-state index in [1.54, 1.807) is 4.90 Å². The molecule has 4 rings (SSSR count). The summed E-state index contributed by atoms with van der Waals surface area (Å²) in [6.07, 6.45) is 9.12. The van der Waals surface area contributed by atoms with Crippen molar-refractivity contribution in [2.45, 2.75) is 64.3 Å². The number of hydrogen-bond donors (Lipinski definition) is 0. The molecule has 4 saturated carbocycles. The number of amides is 1. The van der Waals surface area contributed by atoms with E-state index in [2.05, 4.69) is 6.07 Å². The summed E-state index contributed by atoms with van der Waals surface area (Å²) in [5.74, 6) is 2.63. The third-order valence-electron chi connectivity index (χ3n) is 6.03. The molecule has 0 aromatic rings. The predicted octanol–water partition coefficient (Wildman–Crippen LogP) is 3.35. The van der Waals surface area contributed by atoms with Crippen LogP contribution in [0.1, 0.15) is 58.3 Å². The zero-order valence-corrected chi connectivity index (χ0v) is 12.8. The van der Waals surface area contributed by atoms with Gasteiger partial charge in [0.1, 0.15) is 6.04 Å². The average molecular weight is 274 g/mol. The topological polar surface area (TPSA) is 44.1 Å². The molecule has 1 atom stereocenters. The third kappa shape index (κ3) is 2.14. The van der Waals surface area contributed by atoms with Gasteiger partial charge in [0.2, 0.25) is 5.91 Å². The molecule has 4 aliphatic carbocycles. The molecule has 0 N–H and O–H groups in total. The fraction of sp³-hybridized carbons (Fsp3) is 0.882.